The summed E-state index contributed by atoms with van der Waals surface area (Å²) in [6, 6.07) is 9.66. The van der Waals surface area contributed by atoms with Crippen LogP contribution in [-0.2, 0) is 11.8 Å². The van der Waals surface area contributed by atoms with Crippen molar-refractivity contribution in [3.05, 3.63) is 46.6 Å². The topological polar surface area (TPSA) is 73.4 Å². The van der Waals surface area contributed by atoms with Gasteiger partial charge in [-0.15, -0.1) is 12.4 Å². The van der Waals surface area contributed by atoms with Crippen molar-refractivity contribution >= 4 is 51.0 Å². The molecule has 1 aliphatic heterocycles. The summed E-state index contributed by atoms with van der Waals surface area (Å²) < 4.78 is 8.25. The molecule has 0 saturated carbocycles. The van der Waals surface area contributed by atoms with E-state index in [9.17, 15) is 4.79 Å². The Morgan fingerprint density at radius 3 is 2.70 bits per heavy atom. The van der Waals surface area contributed by atoms with Crippen LogP contribution in [0.25, 0.3) is 22.2 Å². The maximum Gasteiger partial charge on any atom is 0.258 e. The van der Waals surface area contributed by atoms with Gasteiger partial charge in [-0.2, -0.15) is 0 Å². The van der Waals surface area contributed by atoms with E-state index in [4.69, 9.17) is 10.5 Å². The molecule has 2 aromatic heterocycles. The van der Waals surface area contributed by atoms with E-state index in [1.807, 2.05) is 53.0 Å². The lowest BCUT2D eigenvalue weighted by Gasteiger charge is -2.28. The Hall–Kier alpha value is -2.09. The van der Waals surface area contributed by atoms with Crippen molar-refractivity contribution in [1.82, 2.24) is 14.5 Å². The molecule has 6 nitrogen and oxygen atoms in total. The van der Waals surface area contributed by atoms with Crippen LogP contribution < -0.4 is 5.73 Å². The van der Waals surface area contributed by atoms with Crippen molar-refractivity contribution in [2.75, 3.05) is 32.0 Å². The van der Waals surface area contributed by atoms with Crippen LogP contribution >= 0.6 is 28.3 Å². The number of morpholine rings is 1. The van der Waals surface area contributed by atoms with Crippen molar-refractivity contribution in [3.63, 3.8) is 0 Å². The number of halogens is 2. The highest BCUT2D eigenvalue weighted by molar-refractivity contribution is 9.10. The smallest absolute Gasteiger partial charge is 0.258 e. The quantitative estimate of drug-likeness (QED) is 0.647. The Morgan fingerprint density at radius 2 is 2.00 bits per heavy atom. The molecule has 1 amide bonds. The number of hydrogen-bond donors (Lipinski definition) is 1. The van der Waals surface area contributed by atoms with Gasteiger partial charge >= 0.3 is 0 Å². The fourth-order valence-corrected chi connectivity index (χ4v) is 3.77. The molecule has 0 atom stereocenters. The van der Waals surface area contributed by atoms with E-state index in [-0.39, 0.29) is 18.3 Å². The average Bonchev–Trinajstić information content (AvgIpc) is 3.04. The molecule has 0 radical (unpaired) electrons. The summed E-state index contributed by atoms with van der Waals surface area (Å²) in [4.78, 5) is 19.8. The first-order valence-electron chi connectivity index (χ1n) is 8.43. The van der Waals surface area contributed by atoms with Gasteiger partial charge in [0, 0.05) is 41.8 Å². The summed E-state index contributed by atoms with van der Waals surface area (Å²) >= 11 is 3.50. The molecule has 2 N–H and O–H groups in total. The Bertz CT molecular complexity index is 999. The first-order chi connectivity index (χ1) is 12.6. The minimum atomic E-state index is -0.0393. The Labute approximate surface area is 171 Å². The molecule has 1 aliphatic rings. The number of amides is 1. The zero-order valence-electron chi connectivity index (χ0n) is 14.8. The molecule has 1 saturated heterocycles. The van der Waals surface area contributed by atoms with E-state index in [0.717, 1.165) is 20.9 Å². The lowest BCUT2D eigenvalue weighted by Crippen LogP contribution is -2.41. The number of benzene rings is 1. The van der Waals surface area contributed by atoms with Gasteiger partial charge in [0.15, 0.2) is 0 Å². The number of fused-ring (bicyclic) bond motifs is 1. The van der Waals surface area contributed by atoms with Crippen LogP contribution in [0.3, 0.4) is 0 Å². The summed E-state index contributed by atoms with van der Waals surface area (Å²) in [6.07, 6.45) is 1.91. The highest BCUT2D eigenvalue weighted by Crippen LogP contribution is 2.34. The van der Waals surface area contributed by atoms with Gasteiger partial charge in [0.25, 0.3) is 5.91 Å². The van der Waals surface area contributed by atoms with Crippen LogP contribution in [0.4, 0.5) is 5.82 Å². The number of hydrogen-bond acceptors (Lipinski definition) is 4. The maximum absolute atomic E-state index is 13.4. The van der Waals surface area contributed by atoms with E-state index in [2.05, 4.69) is 20.9 Å². The first-order valence-corrected chi connectivity index (χ1v) is 9.23. The predicted octanol–water partition coefficient (Wildman–Crippen LogP) is 3.48. The van der Waals surface area contributed by atoms with Crippen LogP contribution in [0.2, 0.25) is 0 Å². The van der Waals surface area contributed by atoms with E-state index in [1.54, 1.807) is 0 Å². The Balaban J connectivity index is 0.00000210. The lowest BCUT2D eigenvalue weighted by atomic mass is 10.0. The molecule has 1 fully saturated rings. The second-order valence-corrected chi connectivity index (χ2v) is 7.24. The van der Waals surface area contributed by atoms with Gasteiger partial charge in [0.1, 0.15) is 5.82 Å². The van der Waals surface area contributed by atoms with Gasteiger partial charge in [-0.05, 0) is 18.2 Å². The Kier molecular flexibility index (Phi) is 5.74. The third-order valence-corrected chi connectivity index (χ3v) is 5.16. The number of carbonyl (C=O) groups excluding carboxylic acids is 1. The molecular weight excluding hydrogens is 432 g/mol. The van der Waals surface area contributed by atoms with Crippen molar-refractivity contribution < 1.29 is 9.53 Å². The largest absolute Gasteiger partial charge is 0.383 e. The molecule has 0 bridgehead atoms. The van der Waals surface area contributed by atoms with Crippen molar-refractivity contribution in [2.45, 2.75) is 0 Å². The molecule has 3 heterocycles. The summed E-state index contributed by atoms with van der Waals surface area (Å²) in [7, 11) is 1.92. The highest BCUT2D eigenvalue weighted by atomic mass is 79.9. The van der Waals surface area contributed by atoms with Gasteiger partial charge < -0.3 is 19.9 Å². The standard InChI is InChI=1S/C19H19BrN4O2.ClH/c1-23-6-5-14-17(23)15(19(25)24-7-9-26-10-8-24)16(22-18(14)21)12-3-2-4-13(20)11-12;/h2-6,11H,7-10H2,1H3,(H2,21,22);1H. The van der Waals surface area contributed by atoms with Crippen LogP contribution in [0, 0.1) is 0 Å². The fourth-order valence-electron chi connectivity index (χ4n) is 3.37. The van der Waals surface area contributed by atoms with Crippen molar-refractivity contribution in [2.24, 2.45) is 7.05 Å². The van der Waals surface area contributed by atoms with Crippen LogP contribution in [0.1, 0.15) is 10.4 Å². The molecule has 3 aromatic rings. The van der Waals surface area contributed by atoms with Crippen LogP contribution in [0.15, 0.2) is 41.0 Å². The SMILES string of the molecule is Cl.Cn1ccc2c(N)nc(-c3cccc(Br)c3)c(C(=O)N3CCOCC3)c21. The third kappa shape index (κ3) is 3.54. The zero-order valence-corrected chi connectivity index (χ0v) is 17.2. The minimum Gasteiger partial charge on any atom is -0.383 e. The molecule has 0 aliphatic carbocycles. The van der Waals surface area contributed by atoms with E-state index in [1.165, 1.54) is 0 Å². The normalized spacial score (nSPS) is 14.2. The van der Waals surface area contributed by atoms with Gasteiger partial charge in [-0.3, -0.25) is 4.79 Å². The number of nitrogen functional groups attached to an aromatic ring is 1. The van der Waals surface area contributed by atoms with Crippen LogP contribution in [0.5, 0.6) is 0 Å². The van der Waals surface area contributed by atoms with Gasteiger partial charge in [-0.1, -0.05) is 28.1 Å². The van der Waals surface area contributed by atoms with Gasteiger partial charge in [0.05, 0.1) is 30.0 Å². The lowest BCUT2D eigenvalue weighted by molar-refractivity contribution is 0.0304. The van der Waals surface area contributed by atoms with Crippen molar-refractivity contribution in [3.8, 4) is 11.3 Å². The second-order valence-electron chi connectivity index (χ2n) is 6.32. The maximum atomic E-state index is 13.4. The number of aryl methyl sites for hydroxylation is 1. The zero-order chi connectivity index (χ0) is 18.3. The fraction of sp³-hybridized carbons (Fsp3) is 0.263. The number of nitrogens with zero attached hydrogens (tertiary/aromatic N) is 3. The molecule has 8 heteroatoms. The van der Waals surface area contributed by atoms with E-state index >= 15 is 0 Å². The van der Waals surface area contributed by atoms with Gasteiger partial charge in [-0.25, -0.2) is 4.98 Å². The summed E-state index contributed by atoms with van der Waals surface area (Å²) in [5.41, 5.74) is 9.06. The highest BCUT2D eigenvalue weighted by Gasteiger charge is 2.27. The number of anilines is 1. The number of pyridine rings is 1. The molecule has 4 rings (SSSR count). The number of nitrogens with two attached hydrogens (primary N) is 1. The monoisotopic (exact) mass is 450 g/mol. The molecule has 142 valence electrons. The molecule has 1 aromatic carbocycles. The third-order valence-electron chi connectivity index (χ3n) is 4.66. The Morgan fingerprint density at radius 1 is 1.26 bits per heavy atom. The summed E-state index contributed by atoms with van der Waals surface area (Å²) in [6.45, 7) is 2.26. The van der Waals surface area contributed by atoms with Crippen molar-refractivity contribution in [1.29, 1.82) is 0 Å². The number of carbonyl (C=O) groups is 1. The summed E-state index contributed by atoms with van der Waals surface area (Å²) in [5, 5.41) is 0.794. The van der Waals surface area contributed by atoms with E-state index < -0.39 is 0 Å². The first kappa shape index (κ1) is 19.7. The molecular formula is C19H20BrClN4O2. The second kappa shape index (κ2) is 7.88. The number of rotatable bonds is 2. The average molecular weight is 452 g/mol. The van der Waals surface area contributed by atoms with Crippen LogP contribution in [-0.4, -0.2) is 46.7 Å². The predicted molar refractivity (Wildman–Crippen MR) is 112 cm³/mol. The number of ether oxygens (including phenoxy) is 1. The molecule has 0 unspecified atom stereocenters. The molecule has 0 spiro atoms. The van der Waals surface area contributed by atoms with Gasteiger partial charge in [0.2, 0.25) is 0 Å². The summed E-state index contributed by atoms with van der Waals surface area (Å²) in [5.74, 6) is 0.386. The minimum absolute atomic E-state index is 0. The van der Waals surface area contributed by atoms with E-state index in [0.29, 0.717) is 43.4 Å². The number of aromatic nitrogens is 2. The molecule has 27 heavy (non-hydrogen) atoms.